The Bertz CT molecular complexity index is 740. The van der Waals surface area contributed by atoms with Crippen molar-refractivity contribution in [2.75, 3.05) is 13.6 Å². The van der Waals surface area contributed by atoms with Gasteiger partial charge in [-0.25, -0.2) is 0 Å². The number of rotatable bonds is 9. The fourth-order valence-electron chi connectivity index (χ4n) is 2.31. The largest absolute Gasteiger partial charge is 0.434 e. The van der Waals surface area contributed by atoms with Crippen molar-refractivity contribution in [3.63, 3.8) is 0 Å². The summed E-state index contributed by atoms with van der Waals surface area (Å²) in [6.45, 7) is 2.12. The maximum Gasteiger partial charge on any atom is 0.387 e. The van der Waals surface area contributed by atoms with Crippen LogP contribution in [-0.2, 0) is 13.0 Å². The molecule has 156 valence electrons. The van der Waals surface area contributed by atoms with Crippen LogP contribution in [0.2, 0.25) is 0 Å². The maximum atomic E-state index is 12.5. The molecule has 0 amide bonds. The lowest BCUT2D eigenvalue weighted by atomic mass is 10.2. The standard InChI is InChI=1S/C18H25F2N5O2.HI/c1-12(2)16-24-15(27-25-16)9-6-10-22-18(21-3)23-11-13-7-4-5-8-14(13)26-17(19)20;/h4-5,7-8,12,17H,6,9-11H2,1-3H3,(H2,21,22,23);1H. The highest BCUT2D eigenvalue weighted by Crippen LogP contribution is 2.19. The van der Waals surface area contributed by atoms with E-state index in [2.05, 4.69) is 30.5 Å². The molecule has 28 heavy (non-hydrogen) atoms. The van der Waals surface area contributed by atoms with Gasteiger partial charge in [0.1, 0.15) is 5.75 Å². The highest BCUT2D eigenvalue weighted by atomic mass is 127. The van der Waals surface area contributed by atoms with E-state index in [4.69, 9.17) is 4.52 Å². The van der Waals surface area contributed by atoms with Crippen molar-refractivity contribution in [1.82, 2.24) is 20.8 Å². The second kappa shape index (κ2) is 12.5. The van der Waals surface area contributed by atoms with Gasteiger partial charge in [0.15, 0.2) is 11.8 Å². The van der Waals surface area contributed by atoms with E-state index in [0.29, 0.717) is 42.7 Å². The summed E-state index contributed by atoms with van der Waals surface area (Å²) in [5.74, 6) is 2.27. The molecule has 0 fully saturated rings. The highest BCUT2D eigenvalue weighted by Gasteiger charge is 2.10. The van der Waals surface area contributed by atoms with Crippen LogP contribution in [0.4, 0.5) is 8.78 Å². The summed E-state index contributed by atoms with van der Waals surface area (Å²) in [6.07, 6.45) is 1.44. The minimum absolute atomic E-state index is 0. The molecule has 1 heterocycles. The number of alkyl halides is 2. The van der Waals surface area contributed by atoms with E-state index < -0.39 is 6.61 Å². The highest BCUT2D eigenvalue weighted by molar-refractivity contribution is 14.0. The Balaban J connectivity index is 0.00000392. The number of para-hydroxylation sites is 1. The van der Waals surface area contributed by atoms with Crippen molar-refractivity contribution in [2.24, 2.45) is 4.99 Å². The molecular formula is C18H26F2IN5O2. The molecule has 0 aliphatic carbocycles. The minimum atomic E-state index is -2.86. The first-order valence-electron chi connectivity index (χ1n) is 8.79. The molecule has 2 N–H and O–H groups in total. The number of aryl methyl sites for hydroxylation is 1. The summed E-state index contributed by atoms with van der Waals surface area (Å²) < 4.78 is 34.6. The molecule has 0 aliphatic rings. The molecule has 0 radical (unpaired) electrons. The van der Waals surface area contributed by atoms with Crippen LogP contribution in [0, 0.1) is 0 Å². The second-order valence-electron chi connectivity index (χ2n) is 6.14. The summed E-state index contributed by atoms with van der Waals surface area (Å²) in [4.78, 5) is 8.45. The van der Waals surface area contributed by atoms with Gasteiger partial charge in [0.2, 0.25) is 5.89 Å². The summed E-state index contributed by atoms with van der Waals surface area (Å²) in [5.41, 5.74) is 0.618. The van der Waals surface area contributed by atoms with Crippen LogP contribution in [-0.4, -0.2) is 36.3 Å². The van der Waals surface area contributed by atoms with Crippen LogP contribution >= 0.6 is 24.0 Å². The van der Waals surface area contributed by atoms with Gasteiger partial charge in [-0.3, -0.25) is 4.99 Å². The number of nitrogens with zero attached hydrogens (tertiary/aromatic N) is 3. The molecule has 1 aromatic heterocycles. The predicted octanol–water partition coefficient (Wildman–Crippen LogP) is 3.71. The number of halogens is 3. The van der Waals surface area contributed by atoms with E-state index in [1.165, 1.54) is 6.07 Å². The lowest BCUT2D eigenvalue weighted by molar-refractivity contribution is -0.0504. The first kappa shape index (κ1) is 24.1. The SMILES string of the molecule is CN=C(NCCCc1nc(C(C)C)no1)NCc1ccccc1OC(F)F.I. The minimum Gasteiger partial charge on any atom is -0.434 e. The Morgan fingerprint density at radius 1 is 1.25 bits per heavy atom. The first-order chi connectivity index (χ1) is 13.0. The summed E-state index contributed by atoms with van der Waals surface area (Å²) in [6, 6.07) is 6.65. The number of hydrogen-bond donors (Lipinski definition) is 2. The Hall–Kier alpha value is -1.98. The lowest BCUT2D eigenvalue weighted by Gasteiger charge is -2.14. The Morgan fingerprint density at radius 3 is 2.64 bits per heavy atom. The van der Waals surface area contributed by atoms with E-state index in [1.54, 1.807) is 25.2 Å². The van der Waals surface area contributed by atoms with E-state index in [-0.39, 0.29) is 35.6 Å². The zero-order valence-corrected chi connectivity index (χ0v) is 18.4. The van der Waals surface area contributed by atoms with Gasteiger partial charge in [0, 0.05) is 38.0 Å². The van der Waals surface area contributed by atoms with Gasteiger partial charge in [-0.1, -0.05) is 37.2 Å². The third-order valence-electron chi connectivity index (χ3n) is 3.72. The Morgan fingerprint density at radius 2 is 2.00 bits per heavy atom. The Kier molecular flexibility index (Phi) is 10.7. The third-order valence-corrected chi connectivity index (χ3v) is 3.72. The normalized spacial score (nSPS) is 11.5. The molecule has 1 aromatic carbocycles. The zero-order chi connectivity index (χ0) is 19.6. The molecule has 0 unspecified atom stereocenters. The third kappa shape index (κ3) is 7.95. The van der Waals surface area contributed by atoms with Crippen LogP contribution in [0.5, 0.6) is 5.75 Å². The van der Waals surface area contributed by atoms with E-state index in [1.807, 2.05) is 13.8 Å². The zero-order valence-electron chi connectivity index (χ0n) is 16.1. The summed E-state index contributed by atoms with van der Waals surface area (Å²) in [7, 11) is 1.64. The number of guanidine groups is 1. The number of aliphatic imine (C=N–C) groups is 1. The number of hydrogen-bond acceptors (Lipinski definition) is 5. The fourth-order valence-corrected chi connectivity index (χ4v) is 2.31. The van der Waals surface area contributed by atoms with Crippen molar-refractivity contribution in [1.29, 1.82) is 0 Å². The number of nitrogens with one attached hydrogen (secondary N) is 2. The van der Waals surface area contributed by atoms with Crippen LogP contribution in [0.1, 0.15) is 43.5 Å². The monoisotopic (exact) mass is 509 g/mol. The van der Waals surface area contributed by atoms with Crippen molar-refractivity contribution in [2.45, 2.75) is 45.8 Å². The lowest BCUT2D eigenvalue weighted by Crippen LogP contribution is -2.37. The molecule has 0 bridgehead atoms. The van der Waals surface area contributed by atoms with Gasteiger partial charge in [-0.15, -0.1) is 24.0 Å². The molecular weight excluding hydrogens is 483 g/mol. The van der Waals surface area contributed by atoms with Crippen LogP contribution < -0.4 is 15.4 Å². The molecule has 7 nitrogen and oxygen atoms in total. The van der Waals surface area contributed by atoms with Gasteiger partial charge < -0.3 is 19.9 Å². The van der Waals surface area contributed by atoms with Crippen molar-refractivity contribution >= 4 is 29.9 Å². The maximum absolute atomic E-state index is 12.5. The average Bonchev–Trinajstić information content (AvgIpc) is 3.11. The van der Waals surface area contributed by atoms with Crippen molar-refractivity contribution in [3.8, 4) is 5.75 Å². The van der Waals surface area contributed by atoms with Crippen molar-refractivity contribution in [3.05, 3.63) is 41.5 Å². The summed E-state index contributed by atoms with van der Waals surface area (Å²) in [5, 5.41) is 10.2. The van der Waals surface area contributed by atoms with E-state index >= 15 is 0 Å². The number of aromatic nitrogens is 2. The molecule has 0 spiro atoms. The number of ether oxygens (including phenoxy) is 1. The topological polar surface area (TPSA) is 84.6 Å². The van der Waals surface area contributed by atoms with Gasteiger partial charge in [-0.2, -0.15) is 13.8 Å². The first-order valence-corrected chi connectivity index (χ1v) is 8.79. The van der Waals surface area contributed by atoms with Gasteiger partial charge in [0.05, 0.1) is 0 Å². The average molecular weight is 509 g/mol. The predicted molar refractivity (Wildman–Crippen MR) is 113 cm³/mol. The molecule has 0 atom stereocenters. The molecule has 0 saturated heterocycles. The van der Waals surface area contributed by atoms with Crippen LogP contribution in [0.25, 0.3) is 0 Å². The van der Waals surface area contributed by atoms with Crippen LogP contribution in [0.3, 0.4) is 0 Å². The van der Waals surface area contributed by atoms with Gasteiger partial charge >= 0.3 is 6.61 Å². The Labute approximate surface area is 180 Å². The molecule has 2 rings (SSSR count). The molecule has 0 aliphatic heterocycles. The van der Waals surface area contributed by atoms with Crippen molar-refractivity contribution < 1.29 is 18.0 Å². The molecule has 2 aromatic rings. The van der Waals surface area contributed by atoms with E-state index in [9.17, 15) is 8.78 Å². The van der Waals surface area contributed by atoms with E-state index in [0.717, 1.165) is 6.42 Å². The second-order valence-corrected chi connectivity index (χ2v) is 6.14. The van der Waals surface area contributed by atoms with Gasteiger partial charge in [0.25, 0.3) is 0 Å². The smallest absolute Gasteiger partial charge is 0.387 e. The molecule has 10 heteroatoms. The summed E-state index contributed by atoms with van der Waals surface area (Å²) >= 11 is 0. The van der Waals surface area contributed by atoms with Gasteiger partial charge in [-0.05, 0) is 12.5 Å². The van der Waals surface area contributed by atoms with Crippen LogP contribution in [0.15, 0.2) is 33.8 Å². The molecule has 0 saturated carbocycles. The fraction of sp³-hybridized carbons (Fsp3) is 0.500. The number of benzene rings is 1. The quantitative estimate of drug-likeness (QED) is 0.232.